The lowest BCUT2D eigenvalue weighted by atomic mass is 9.61. The first kappa shape index (κ1) is 24.3. The Morgan fingerprint density at radius 2 is 1.94 bits per heavy atom. The highest BCUT2D eigenvalue weighted by Crippen LogP contribution is 2.59. The monoisotopic (exact) mass is 426 g/mol. The van der Waals surface area contributed by atoms with Crippen molar-refractivity contribution in [3.8, 4) is 11.8 Å². The van der Waals surface area contributed by atoms with Gasteiger partial charge < -0.3 is 15.3 Å². The quantitative estimate of drug-likeness (QED) is 0.543. The zero-order valence-electron chi connectivity index (χ0n) is 19.9. The Labute approximate surface area is 189 Å². The minimum Gasteiger partial charge on any atom is -0.393 e. The summed E-state index contributed by atoms with van der Waals surface area (Å²) in [5.41, 5.74) is 3.50. The van der Waals surface area contributed by atoms with Crippen molar-refractivity contribution in [2.45, 2.75) is 97.4 Å². The van der Waals surface area contributed by atoms with Crippen LogP contribution in [0.5, 0.6) is 0 Å². The van der Waals surface area contributed by atoms with Gasteiger partial charge in [0.2, 0.25) is 0 Å². The Hall–Kier alpha value is -1.34. The first-order valence-corrected chi connectivity index (χ1v) is 12.3. The molecule has 1 unspecified atom stereocenters. The second-order valence-corrected chi connectivity index (χ2v) is 10.6. The van der Waals surface area contributed by atoms with E-state index in [9.17, 15) is 15.3 Å². The van der Waals surface area contributed by atoms with Crippen LogP contribution in [0.2, 0.25) is 0 Å². The zero-order chi connectivity index (χ0) is 22.8. The molecule has 8 atom stereocenters. The van der Waals surface area contributed by atoms with Gasteiger partial charge in [0.1, 0.15) is 6.10 Å². The Balaban J connectivity index is 1.76. The van der Waals surface area contributed by atoms with E-state index in [1.165, 1.54) is 31.3 Å². The molecule has 3 fully saturated rings. The van der Waals surface area contributed by atoms with Gasteiger partial charge in [-0.3, -0.25) is 0 Å². The van der Waals surface area contributed by atoms with Crippen molar-refractivity contribution in [1.82, 2.24) is 0 Å². The van der Waals surface area contributed by atoms with Crippen LogP contribution in [0.4, 0.5) is 0 Å². The molecule has 0 bridgehead atoms. The minimum atomic E-state index is -0.633. The molecule has 0 heterocycles. The van der Waals surface area contributed by atoms with E-state index in [1.54, 1.807) is 0 Å². The molecule has 0 saturated heterocycles. The number of hydrogen-bond donors (Lipinski definition) is 3. The highest BCUT2D eigenvalue weighted by molar-refractivity contribution is 5.38. The lowest BCUT2D eigenvalue weighted by Gasteiger charge is -2.43. The van der Waals surface area contributed by atoms with E-state index in [2.05, 4.69) is 58.3 Å². The van der Waals surface area contributed by atoms with Crippen LogP contribution in [-0.2, 0) is 0 Å². The van der Waals surface area contributed by atoms with Gasteiger partial charge in [0.05, 0.1) is 12.2 Å². The van der Waals surface area contributed by atoms with Gasteiger partial charge >= 0.3 is 0 Å². The summed E-state index contributed by atoms with van der Waals surface area (Å²) in [7, 11) is 0. The highest BCUT2D eigenvalue weighted by Gasteiger charge is 2.50. The zero-order valence-corrected chi connectivity index (χ0v) is 19.9. The van der Waals surface area contributed by atoms with Crippen LogP contribution < -0.4 is 0 Å². The Morgan fingerprint density at radius 1 is 1.19 bits per heavy atom. The molecule has 3 aliphatic rings. The summed E-state index contributed by atoms with van der Waals surface area (Å²) in [6, 6.07) is 0. The van der Waals surface area contributed by atoms with Gasteiger partial charge in [-0.05, 0) is 72.8 Å². The van der Waals surface area contributed by atoms with Crippen LogP contribution in [0.25, 0.3) is 0 Å². The summed E-state index contributed by atoms with van der Waals surface area (Å²) in [5.74, 6) is 8.18. The number of fused-ring (bicyclic) bond motifs is 1. The maximum atomic E-state index is 10.3. The number of allylic oxidation sites excluding steroid dienone is 3. The summed E-state index contributed by atoms with van der Waals surface area (Å²) in [6.45, 7) is 12.9. The Bertz CT molecular complexity index is 782. The Kier molecular flexibility index (Phi) is 7.90. The molecule has 0 radical (unpaired) electrons. The topological polar surface area (TPSA) is 60.7 Å². The fraction of sp³-hybridized carbons (Fsp3) is 0.714. The number of aliphatic hydroxyl groups is 3. The second-order valence-electron chi connectivity index (χ2n) is 10.6. The molecule has 0 amide bonds. The van der Waals surface area contributed by atoms with Crippen LogP contribution in [0.15, 0.2) is 35.5 Å². The average molecular weight is 427 g/mol. The molecule has 0 spiro atoms. The molecule has 31 heavy (non-hydrogen) atoms. The van der Waals surface area contributed by atoms with Gasteiger partial charge in [-0.25, -0.2) is 0 Å². The maximum Gasteiger partial charge on any atom is 0.117 e. The maximum absolute atomic E-state index is 10.3. The van der Waals surface area contributed by atoms with E-state index >= 15 is 0 Å². The molecule has 3 saturated carbocycles. The van der Waals surface area contributed by atoms with Gasteiger partial charge in [-0.1, -0.05) is 70.3 Å². The van der Waals surface area contributed by atoms with E-state index < -0.39 is 18.3 Å². The van der Waals surface area contributed by atoms with E-state index in [0.29, 0.717) is 24.7 Å². The number of hydrogen-bond acceptors (Lipinski definition) is 3. The average Bonchev–Trinajstić information content (AvgIpc) is 3.10. The molecule has 172 valence electrons. The predicted molar refractivity (Wildman–Crippen MR) is 127 cm³/mol. The Morgan fingerprint density at radius 3 is 2.65 bits per heavy atom. The summed E-state index contributed by atoms with van der Waals surface area (Å²) in [4.78, 5) is 0. The fourth-order valence-corrected chi connectivity index (χ4v) is 6.25. The molecular formula is C28H42O3. The van der Waals surface area contributed by atoms with Gasteiger partial charge in [0.25, 0.3) is 0 Å². The molecule has 3 aliphatic carbocycles. The molecule has 3 rings (SSSR count). The molecule has 0 aromatic carbocycles. The van der Waals surface area contributed by atoms with E-state index in [-0.39, 0.29) is 17.3 Å². The molecule has 0 aromatic rings. The van der Waals surface area contributed by atoms with Gasteiger partial charge in [-0.15, -0.1) is 0 Å². The lowest BCUT2D eigenvalue weighted by Crippen LogP contribution is -2.35. The third kappa shape index (κ3) is 5.19. The van der Waals surface area contributed by atoms with Crippen LogP contribution in [0, 0.1) is 40.9 Å². The van der Waals surface area contributed by atoms with E-state index in [1.807, 2.05) is 0 Å². The largest absolute Gasteiger partial charge is 0.393 e. The van der Waals surface area contributed by atoms with Crippen LogP contribution >= 0.6 is 0 Å². The standard InChI is InChI=1S/C28H42O3/c1-6-18(2)26(30)14-9-19(3)24-12-13-25-21(8-7-15-28(24,25)5)10-11-22-16-23(29)17-27(31)20(22)4/h10-11,18-19,23-27,29-31H,4,6-8,12-13,15-17H2,1-3,5H3/b21-10+,22-11-/t18?,19-,23-,24-,25+,26-,27+,28-/m1/s1. The van der Waals surface area contributed by atoms with Crippen molar-refractivity contribution < 1.29 is 15.3 Å². The van der Waals surface area contributed by atoms with Crippen LogP contribution in [0.1, 0.15) is 79.1 Å². The lowest BCUT2D eigenvalue weighted by molar-refractivity contribution is 0.0862. The fourth-order valence-electron chi connectivity index (χ4n) is 6.25. The van der Waals surface area contributed by atoms with Crippen molar-refractivity contribution in [2.75, 3.05) is 0 Å². The second kappa shape index (κ2) is 10.1. The first-order chi connectivity index (χ1) is 14.7. The van der Waals surface area contributed by atoms with Gasteiger partial charge in [-0.2, -0.15) is 0 Å². The molecular weight excluding hydrogens is 384 g/mol. The van der Waals surface area contributed by atoms with Gasteiger partial charge in [0.15, 0.2) is 0 Å². The van der Waals surface area contributed by atoms with Crippen molar-refractivity contribution in [3.63, 3.8) is 0 Å². The van der Waals surface area contributed by atoms with Gasteiger partial charge in [0, 0.05) is 12.3 Å². The molecule has 0 aromatic heterocycles. The predicted octanol–water partition coefficient (Wildman–Crippen LogP) is 5.17. The SMILES string of the molecule is C=C1/C(=C\C=C2/CCC[C@]3(C)[C@@H]([C@H](C)C#C[C@@H](O)C(C)CC)CC[C@@H]23)C[C@@H](O)C[C@@H]1O. The van der Waals surface area contributed by atoms with Crippen LogP contribution in [-0.4, -0.2) is 33.6 Å². The van der Waals surface area contributed by atoms with Crippen molar-refractivity contribution >= 4 is 0 Å². The number of rotatable bonds is 4. The van der Waals surface area contributed by atoms with Crippen molar-refractivity contribution in [1.29, 1.82) is 0 Å². The first-order valence-electron chi connectivity index (χ1n) is 12.3. The minimum absolute atomic E-state index is 0.218. The summed E-state index contributed by atoms with van der Waals surface area (Å²) < 4.78 is 0. The van der Waals surface area contributed by atoms with E-state index in [0.717, 1.165) is 24.0 Å². The van der Waals surface area contributed by atoms with E-state index in [4.69, 9.17) is 0 Å². The highest BCUT2D eigenvalue weighted by atomic mass is 16.3. The summed E-state index contributed by atoms with van der Waals surface area (Å²) in [5, 5.41) is 30.4. The summed E-state index contributed by atoms with van der Waals surface area (Å²) in [6.07, 6.45) is 10.6. The smallest absolute Gasteiger partial charge is 0.117 e. The van der Waals surface area contributed by atoms with Crippen LogP contribution in [0.3, 0.4) is 0 Å². The van der Waals surface area contributed by atoms with Crippen molar-refractivity contribution in [3.05, 3.63) is 35.5 Å². The molecule has 3 N–H and O–H groups in total. The normalized spacial score (nSPS) is 39.0. The molecule has 3 nitrogen and oxygen atoms in total. The third-order valence-electron chi connectivity index (χ3n) is 8.55. The molecule has 0 aliphatic heterocycles. The third-order valence-corrected chi connectivity index (χ3v) is 8.55. The summed E-state index contributed by atoms with van der Waals surface area (Å²) >= 11 is 0. The molecule has 3 heteroatoms. The van der Waals surface area contributed by atoms with Crippen molar-refractivity contribution in [2.24, 2.45) is 29.1 Å². The number of aliphatic hydroxyl groups excluding tert-OH is 3.